The number of benzene rings is 1. The molecular weight excluding hydrogens is 349 g/mol. The Hall–Kier alpha value is -2.02. The Kier molecular flexibility index (Phi) is 5.03. The van der Waals surface area contributed by atoms with Gasteiger partial charge in [-0.3, -0.25) is 4.79 Å². The van der Waals surface area contributed by atoms with E-state index in [2.05, 4.69) is 4.98 Å². The first-order chi connectivity index (χ1) is 11.9. The van der Waals surface area contributed by atoms with Crippen LogP contribution in [0.5, 0.6) is 0 Å². The molecule has 1 amide bonds. The van der Waals surface area contributed by atoms with Crippen LogP contribution >= 0.6 is 11.8 Å². The molecule has 0 N–H and O–H groups in total. The van der Waals surface area contributed by atoms with Crippen LogP contribution in [0.2, 0.25) is 0 Å². The molecule has 132 valence electrons. The van der Waals surface area contributed by atoms with E-state index in [1.807, 2.05) is 24.3 Å². The summed E-state index contributed by atoms with van der Waals surface area (Å²) in [6, 6.07) is 10.1. The van der Waals surface area contributed by atoms with Crippen molar-refractivity contribution in [3.63, 3.8) is 0 Å². The number of hydrogen-bond donors (Lipinski definition) is 0. The molecule has 3 rings (SSSR count). The number of rotatable bonds is 3. The third-order valence-corrected chi connectivity index (χ3v) is 5.12. The lowest BCUT2D eigenvalue weighted by Gasteiger charge is -2.31. The van der Waals surface area contributed by atoms with Crippen molar-refractivity contribution >= 4 is 23.4 Å². The number of anilines is 1. The molecular formula is C18H17F3N2OS. The van der Waals surface area contributed by atoms with Crippen LogP contribution < -0.4 is 4.90 Å². The van der Waals surface area contributed by atoms with Crippen LogP contribution in [0.4, 0.5) is 18.9 Å². The fraction of sp³-hybridized carbons (Fsp3) is 0.333. The summed E-state index contributed by atoms with van der Waals surface area (Å²) in [5, 5.41) is -0.0328. The lowest BCUT2D eigenvalue weighted by molar-refractivity contribution is -0.137. The summed E-state index contributed by atoms with van der Waals surface area (Å²) in [5.41, 5.74) is 1.28. The fourth-order valence-corrected chi connectivity index (χ4v) is 3.68. The molecule has 0 unspecified atom stereocenters. The minimum Gasteiger partial charge on any atom is -0.311 e. The second kappa shape index (κ2) is 7.07. The fourth-order valence-electron chi connectivity index (χ4n) is 2.83. The van der Waals surface area contributed by atoms with Crippen LogP contribution in [0.25, 0.3) is 0 Å². The van der Waals surface area contributed by atoms with E-state index < -0.39 is 17.0 Å². The van der Waals surface area contributed by atoms with Crippen LogP contribution in [-0.4, -0.2) is 22.7 Å². The number of aromatic nitrogens is 1. The second-order valence-corrected chi connectivity index (χ2v) is 7.23. The average molecular weight is 366 g/mol. The van der Waals surface area contributed by atoms with Crippen molar-refractivity contribution < 1.29 is 18.0 Å². The molecule has 3 nitrogen and oxygen atoms in total. The van der Waals surface area contributed by atoms with E-state index in [1.54, 1.807) is 11.8 Å². The number of thioether (sulfide) groups is 1. The summed E-state index contributed by atoms with van der Waals surface area (Å²) < 4.78 is 37.8. The van der Waals surface area contributed by atoms with Crippen molar-refractivity contribution in [1.82, 2.24) is 4.98 Å². The first-order valence-corrected chi connectivity index (χ1v) is 8.83. The number of hydrogen-bond acceptors (Lipinski definition) is 3. The van der Waals surface area contributed by atoms with Crippen molar-refractivity contribution in [2.24, 2.45) is 0 Å². The number of aryl methyl sites for hydroxylation is 1. The maximum Gasteiger partial charge on any atom is 0.417 e. The van der Waals surface area contributed by atoms with Crippen molar-refractivity contribution in [3.8, 4) is 0 Å². The highest BCUT2D eigenvalue weighted by molar-refractivity contribution is 8.00. The van der Waals surface area contributed by atoms with E-state index in [0.29, 0.717) is 11.6 Å². The van der Waals surface area contributed by atoms with E-state index in [9.17, 15) is 18.0 Å². The molecule has 1 atom stereocenters. The molecule has 1 aliphatic heterocycles. The molecule has 0 aliphatic carbocycles. The van der Waals surface area contributed by atoms with Crippen LogP contribution in [0, 0.1) is 0 Å². The Bertz CT molecular complexity index is 762. The van der Waals surface area contributed by atoms with E-state index in [0.717, 1.165) is 36.4 Å². The van der Waals surface area contributed by atoms with E-state index in [1.165, 1.54) is 17.8 Å². The zero-order valence-electron chi connectivity index (χ0n) is 13.6. The molecule has 0 spiro atoms. The van der Waals surface area contributed by atoms with Crippen molar-refractivity contribution in [2.45, 2.75) is 36.2 Å². The molecule has 0 bridgehead atoms. The molecule has 1 aromatic carbocycles. The minimum atomic E-state index is -4.41. The first-order valence-electron chi connectivity index (χ1n) is 7.95. The van der Waals surface area contributed by atoms with Crippen LogP contribution in [0.15, 0.2) is 47.6 Å². The molecule has 0 saturated carbocycles. The molecule has 7 heteroatoms. The van der Waals surface area contributed by atoms with Crippen molar-refractivity contribution in [1.29, 1.82) is 0 Å². The lowest BCUT2D eigenvalue weighted by Crippen LogP contribution is -2.40. The van der Waals surface area contributed by atoms with Gasteiger partial charge in [0.15, 0.2) is 0 Å². The predicted octanol–water partition coefficient (Wildman–Crippen LogP) is 4.56. The zero-order valence-corrected chi connectivity index (χ0v) is 14.4. The quantitative estimate of drug-likeness (QED) is 0.747. The predicted molar refractivity (Wildman–Crippen MR) is 91.7 cm³/mol. The molecule has 1 aromatic heterocycles. The van der Waals surface area contributed by atoms with Crippen LogP contribution in [0.3, 0.4) is 0 Å². The zero-order chi connectivity index (χ0) is 18.0. The van der Waals surface area contributed by atoms with Gasteiger partial charge in [0.05, 0.1) is 15.8 Å². The minimum absolute atomic E-state index is 0.0566. The Morgan fingerprint density at radius 3 is 2.68 bits per heavy atom. The van der Waals surface area contributed by atoms with Gasteiger partial charge in [-0.2, -0.15) is 13.2 Å². The second-order valence-electron chi connectivity index (χ2n) is 5.87. The highest BCUT2D eigenvalue weighted by Crippen LogP contribution is 2.32. The van der Waals surface area contributed by atoms with E-state index in [4.69, 9.17) is 0 Å². The third kappa shape index (κ3) is 3.98. The van der Waals surface area contributed by atoms with E-state index in [-0.39, 0.29) is 5.91 Å². The van der Waals surface area contributed by atoms with Gasteiger partial charge in [-0.1, -0.05) is 30.0 Å². The van der Waals surface area contributed by atoms with Gasteiger partial charge in [0.2, 0.25) is 5.91 Å². The molecule has 0 saturated heterocycles. The van der Waals surface area contributed by atoms with Crippen molar-refractivity contribution in [3.05, 3.63) is 53.7 Å². The molecule has 2 aromatic rings. The number of pyridine rings is 1. The van der Waals surface area contributed by atoms with Gasteiger partial charge in [0.1, 0.15) is 0 Å². The number of carbonyl (C=O) groups excluding carboxylic acids is 1. The first kappa shape index (κ1) is 17.8. The van der Waals surface area contributed by atoms with Gasteiger partial charge >= 0.3 is 6.18 Å². The monoisotopic (exact) mass is 366 g/mol. The summed E-state index contributed by atoms with van der Waals surface area (Å²) in [5.74, 6) is -0.0566. The Morgan fingerprint density at radius 2 is 2.00 bits per heavy atom. The summed E-state index contributed by atoms with van der Waals surface area (Å²) in [6.07, 6.45) is -1.76. The molecule has 2 heterocycles. The molecule has 25 heavy (non-hydrogen) atoms. The highest BCUT2D eigenvalue weighted by atomic mass is 32.2. The number of alkyl halides is 3. The van der Waals surface area contributed by atoms with Gasteiger partial charge in [-0.05, 0) is 43.5 Å². The largest absolute Gasteiger partial charge is 0.417 e. The average Bonchev–Trinajstić information content (AvgIpc) is 2.60. The number of carbonyl (C=O) groups is 1. The summed E-state index contributed by atoms with van der Waals surface area (Å²) in [7, 11) is 0. The Morgan fingerprint density at radius 1 is 1.24 bits per heavy atom. The normalized spacial score (nSPS) is 15.6. The summed E-state index contributed by atoms with van der Waals surface area (Å²) >= 11 is 1.17. The highest BCUT2D eigenvalue weighted by Gasteiger charge is 2.31. The Labute approximate surface area is 148 Å². The number of amides is 1. The van der Waals surface area contributed by atoms with Gasteiger partial charge in [0.25, 0.3) is 0 Å². The molecule has 0 radical (unpaired) electrons. The van der Waals surface area contributed by atoms with Crippen LogP contribution in [0.1, 0.15) is 24.5 Å². The summed E-state index contributed by atoms with van der Waals surface area (Å²) in [4.78, 5) is 18.4. The SMILES string of the molecule is C[C@@H](Sc1ccc(C(F)(F)F)cn1)C(=O)N1CCCc2ccccc21. The Balaban J connectivity index is 1.71. The van der Waals surface area contributed by atoms with Gasteiger partial charge in [-0.25, -0.2) is 4.98 Å². The standard InChI is InChI=1S/C18H17F3N2OS/c1-12(25-16-9-8-14(11-22-16)18(19,20)21)17(24)23-10-4-6-13-5-2-3-7-15(13)23/h2-3,5,7-9,11-12H,4,6,10H2,1H3/t12-/m1/s1. The van der Waals surface area contributed by atoms with Crippen molar-refractivity contribution in [2.75, 3.05) is 11.4 Å². The smallest absolute Gasteiger partial charge is 0.311 e. The van der Waals surface area contributed by atoms with Gasteiger partial charge in [-0.15, -0.1) is 0 Å². The number of nitrogens with zero attached hydrogens (tertiary/aromatic N) is 2. The van der Waals surface area contributed by atoms with Gasteiger partial charge < -0.3 is 4.90 Å². The topological polar surface area (TPSA) is 33.2 Å². The number of fused-ring (bicyclic) bond motifs is 1. The van der Waals surface area contributed by atoms with Gasteiger partial charge in [0, 0.05) is 18.4 Å². The number of halogens is 3. The van der Waals surface area contributed by atoms with Crippen LogP contribution in [-0.2, 0) is 17.4 Å². The number of para-hydroxylation sites is 1. The van der Waals surface area contributed by atoms with E-state index >= 15 is 0 Å². The maximum absolute atomic E-state index is 12.8. The lowest BCUT2D eigenvalue weighted by atomic mass is 10.0. The summed E-state index contributed by atoms with van der Waals surface area (Å²) in [6.45, 7) is 2.41. The third-order valence-electron chi connectivity index (χ3n) is 4.09. The maximum atomic E-state index is 12.8. The molecule has 1 aliphatic rings. The molecule has 0 fully saturated rings.